The molecule has 1 rings (SSSR count). The molecule has 13 heavy (non-hydrogen) atoms. The molecule has 2 atom stereocenters. The quantitative estimate of drug-likeness (QED) is 0.681. The summed E-state index contributed by atoms with van der Waals surface area (Å²) in [7, 11) is 0. The van der Waals surface area contributed by atoms with Crippen LogP contribution >= 0.6 is 0 Å². The fourth-order valence-corrected chi connectivity index (χ4v) is 1.60. The van der Waals surface area contributed by atoms with Crippen molar-refractivity contribution in [3.05, 3.63) is 12.2 Å². The zero-order chi connectivity index (χ0) is 9.52. The van der Waals surface area contributed by atoms with Crippen LogP contribution in [0.2, 0.25) is 0 Å². The number of nitrogens with two attached hydrogens (primary N) is 1. The standard InChI is InChI=1S/C11H21NO/c1-10(9-12)13-11-7-5-3-2-4-6-8-11/h5,7,10-11H,2-4,6,8-9,12H2,1H3/b7-5-. The van der Waals surface area contributed by atoms with E-state index in [0.29, 0.717) is 12.6 Å². The molecule has 0 aliphatic heterocycles. The van der Waals surface area contributed by atoms with Crippen molar-refractivity contribution in [2.75, 3.05) is 6.54 Å². The molecule has 0 saturated heterocycles. The molecule has 2 heteroatoms. The van der Waals surface area contributed by atoms with Gasteiger partial charge in [0.05, 0.1) is 12.2 Å². The number of hydrogen-bond donors (Lipinski definition) is 1. The van der Waals surface area contributed by atoms with Gasteiger partial charge in [0.1, 0.15) is 0 Å². The Bertz CT molecular complexity index is 156. The van der Waals surface area contributed by atoms with E-state index < -0.39 is 0 Å². The summed E-state index contributed by atoms with van der Waals surface area (Å²) < 4.78 is 5.76. The van der Waals surface area contributed by atoms with Gasteiger partial charge in [-0.25, -0.2) is 0 Å². The largest absolute Gasteiger partial charge is 0.370 e. The van der Waals surface area contributed by atoms with Gasteiger partial charge in [-0.1, -0.05) is 25.0 Å². The second-order valence-corrected chi connectivity index (χ2v) is 3.79. The lowest BCUT2D eigenvalue weighted by Crippen LogP contribution is -2.25. The van der Waals surface area contributed by atoms with Gasteiger partial charge in [0.2, 0.25) is 0 Å². The summed E-state index contributed by atoms with van der Waals surface area (Å²) in [5, 5.41) is 0. The van der Waals surface area contributed by atoms with Crippen molar-refractivity contribution in [2.45, 2.75) is 51.2 Å². The Hall–Kier alpha value is -0.340. The Morgan fingerprint density at radius 1 is 1.46 bits per heavy atom. The molecule has 0 radical (unpaired) electrons. The summed E-state index contributed by atoms with van der Waals surface area (Å²) in [6.45, 7) is 2.65. The zero-order valence-electron chi connectivity index (χ0n) is 8.54. The molecule has 1 aliphatic rings. The van der Waals surface area contributed by atoms with Crippen molar-refractivity contribution in [3.63, 3.8) is 0 Å². The predicted molar refractivity (Wildman–Crippen MR) is 55.6 cm³/mol. The van der Waals surface area contributed by atoms with Crippen LogP contribution < -0.4 is 5.73 Å². The van der Waals surface area contributed by atoms with Gasteiger partial charge in [0, 0.05) is 6.54 Å². The van der Waals surface area contributed by atoms with Gasteiger partial charge in [-0.3, -0.25) is 0 Å². The van der Waals surface area contributed by atoms with Gasteiger partial charge in [0.25, 0.3) is 0 Å². The van der Waals surface area contributed by atoms with Gasteiger partial charge in [-0.15, -0.1) is 0 Å². The smallest absolute Gasteiger partial charge is 0.0760 e. The molecule has 2 nitrogen and oxygen atoms in total. The van der Waals surface area contributed by atoms with Crippen molar-refractivity contribution in [1.29, 1.82) is 0 Å². The zero-order valence-corrected chi connectivity index (χ0v) is 8.54. The molecule has 0 aromatic rings. The van der Waals surface area contributed by atoms with Crippen molar-refractivity contribution >= 4 is 0 Å². The lowest BCUT2D eigenvalue weighted by molar-refractivity contribution is 0.0235. The maximum atomic E-state index is 5.76. The highest BCUT2D eigenvalue weighted by Gasteiger charge is 2.10. The first kappa shape index (κ1) is 10.7. The summed E-state index contributed by atoms with van der Waals surface area (Å²) in [5.74, 6) is 0. The van der Waals surface area contributed by atoms with Crippen LogP contribution in [0.25, 0.3) is 0 Å². The minimum atomic E-state index is 0.189. The van der Waals surface area contributed by atoms with Crippen LogP contribution in [0.1, 0.15) is 39.0 Å². The average Bonchev–Trinajstić information content (AvgIpc) is 2.09. The summed E-state index contributed by atoms with van der Waals surface area (Å²) in [6, 6.07) is 0. The van der Waals surface area contributed by atoms with E-state index >= 15 is 0 Å². The number of rotatable bonds is 3. The van der Waals surface area contributed by atoms with Crippen LogP contribution in [-0.4, -0.2) is 18.8 Å². The topological polar surface area (TPSA) is 35.2 Å². The molecule has 0 spiro atoms. The number of ether oxygens (including phenoxy) is 1. The first-order valence-electron chi connectivity index (χ1n) is 5.35. The minimum Gasteiger partial charge on any atom is -0.370 e. The minimum absolute atomic E-state index is 0.189. The highest BCUT2D eigenvalue weighted by Crippen LogP contribution is 2.15. The Labute approximate surface area is 81.1 Å². The molecular weight excluding hydrogens is 162 g/mol. The SMILES string of the molecule is CC(CN)OC1/C=C\CCCCC1. The monoisotopic (exact) mass is 183 g/mol. The van der Waals surface area contributed by atoms with E-state index in [0.717, 1.165) is 6.42 Å². The number of hydrogen-bond acceptors (Lipinski definition) is 2. The van der Waals surface area contributed by atoms with Crippen LogP contribution in [0.15, 0.2) is 12.2 Å². The number of allylic oxidation sites excluding steroid dienone is 1. The van der Waals surface area contributed by atoms with E-state index in [4.69, 9.17) is 10.5 Å². The van der Waals surface area contributed by atoms with Gasteiger partial charge in [-0.05, 0) is 26.2 Å². The van der Waals surface area contributed by atoms with Crippen molar-refractivity contribution in [2.24, 2.45) is 5.73 Å². The third kappa shape index (κ3) is 4.44. The fourth-order valence-electron chi connectivity index (χ4n) is 1.60. The third-order valence-corrected chi connectivity index (χ3v) is 2.45. The second kappa shape index (κ2) is 6.17. The lowest BCUT2D eigenvalue weighted by atomic mass is 10.0. The first-order valence-corrected chi connectivity index (χ1v) is 5.35. The molecule has 0 aromatic heterocycles. The summed E-state index contributed by atoms with van der Waals surface area (Å²) in [6.07, 6.45) is 11.2. The Balaban J connectivity index is 2.32. The Morgan fingerprint density at radius 2 is 2.31 bits per heavy atom. The van der Waals surface area contributed by atoms with E-state index in [9.17, 15) is 0 Å². The molecule has 2 unspecified atom stereocenters. The van der Waals surface area contributed by atoms with E-state index in [-0.39, 0.29) is 6.10 Å². The average molecular weight is 183 g/mol. The summed E-state index contributed by atoms with van der Waals surface area (Å²) >= 11 is 0. The molecule has 0 aromatic carbocycles. The van der Waals surface area contributed by atoms with Crippen LogP contribution in [0.5, 0.6) is 0 Å². The fraction of sp³-hybridized carbons (Fsp3) is 0.818. The molecule has 0 bridgehead atoms. The summed E-state index contributed by atoms with van der Waals surface area (Å²) in [5.41, 5.74) is 5.51. The molecule has 0 heterocycles. The van der Waals surface area contributed by atoms with Crippen LogP contribution in [0.3, 0.4) is 0 Å². The van der Waals surface area contributed by atoms with Crippen molar-refractivity contribution in [1.82, 2.24) is 0 Å². The highest BCUT2D eigenvalue weighted by molar-refractivity contribution is 4.91. The second-order valence-electron chi connectivity index (χ2n) is 3.79. The normalized spacial score (nSPS) is 28.9. The Morgan fingerprint density at radius 3 is 3.08 bits per heavy atom. The van der Waals surface area contributed by atoms with Gasteiger partial charge >= 0.3 is 0 Å². The molecular formula is C11H21NO. The molecule has 2 N–H and O–H groups in total. The van der Waals surface area contributed by atoms with E-state index in [2.05, 4.69) is 12.2 Å². The highest BCUT2D eigenvalue weighted by atomic mass is 16.5. The van der Waals surface area contributed by atoms with Crippen LogP contribution in [0.4, 0.5) is 0 Å². The maximum absolute atomic E-state index is 5.76. The molecule has 1 aliphatic carbocycles. The molecule has 0 fully saturated rings. The van der Waals surface area contributed by atoms with Gasteiger partial charge < -0.3 is 10.5 Å². The van der Waals surface area contributed by atoms with Gasteiger partial charge in [0.15, 0.2) is 0 Å². The van der Waals surface area contributed by atoms with Crippen LogP contribution in [0, 0.1) is 0 Å². The van der Waals surface area contributed by atoms with Crippen LogP contribution in [-0.2, 0) is 4.74 Å². The maximum Gasteiger partial charge on any atom is 0.0760 e. The molecule has 0 saturated carbocycles. The summed E-state index contributed by atoms with van der Waals surface area (Å²) in [4.78, 5) is 0. The van der Waals surface area contributed by atoms with E-state index in [1.807, 2.05) is 6.92 Å². The van der Waals surface area contributed by atoms with E-state index in [1.165, 1.54) is 25.7 Å². The first-order chi connectivity index (χ1) is 6.33. The van der Waals surface area contributed by atoms with E-state index in [1.54, 1.807) is 0 Å². The molecule has 0 amide bonds. The predicted octanol–water partition coefficient (Wildman–Crippen LogP) is 2.24. The van der Waals surface area contributed by atoms with Gasteiger partial charge in [-0.2, -0.15) is 0 Å². The lowest BCUT2D eigenvalue weighted by Gasteiger charge is -2.20. The van der Waals surface area contributed by atoms with Crippen molar-refractivity contribution in [3.8, 4) is 0 Å². The third-order valence-electron chi connectivity index (χ3n) is 2.45. The Kier molecular flexibility index (Phi) is 5.09. The molecule has 76 valence electrons. The van der Waals surface area contributed by atoms with Crippen molar-refractivity contribution < 1.29 is 4.74 Å².